The molecule has 0 saturated heterocycles. The summed E-state index contributed by atoms with van der Waals surface area (Å²) in [6, 6.07) is 18.8. The molecule has 0 aliphatic heterocycles. The van der Waals surface area contributed by atoms with Gasteiger partial charge >= 0.3 is 0 Å². The zero-order valence-electron chi connectivity index (χ0n) is 14.9. The van der Waals surface area contributed by atoms with Gasteiger partial charge in [0, 0.05) is 11.1 Å². The van der Waals surface area contributed by atoms with Crippen LogP contribution in [-0.4, -0.2) is 0 Å². The number of benzene rings is 3. The van der Waals surface area contributed by atoms with E-state index in [0.717, 1.165) is 11.1 Å². The Balaban J connectivity index is 1.67. The normalized spacial score (nSPS) is 14.7. The molecule has 3 aromatic rings. The maximum atomic E-state index is 14.7. The zero-order valence-corrected chi connectivity index (χ0v) is 14.9. The smallest absolute Gasteiger partial charge is 0.167 e. The molecule has 0 radical (unpaired) electrons. The average Bonchev–Trinajstić information content (AvgIpc) is 3.20. The van der Waals surface area contributed by atoms with Crippen molar-refractivity contribution in [1.82, 2.24) is 0 Å². The van der Waals surface area contributed by atoms with Gasteiger partial charge in [0.05, 0.1) is 0 Å². The van der Waals surface area contributed by atoms with Gasteiger partial charge in [-0.2, -0.15) is 0 Å². The molecule has 4 rings (SSSR count). The first-order valence-corrected chi connectivity index (χ1v) is 9.29. The molecule has 1 aliphatic rings. The highest BCUT2D eigenvalue weighted by atomic mass is 19.2. The fourth-order valence-electron chi connectivity index (χ4n) is 3.92. The standard InChI is InChI=1S/C24H22F2/c1-16-6-8-19(9-7-16)21-14-15-22(24(26)23(21)25)20-12-10-18(11-13-20)17-4-2-3-5-17/h6-15,17H,2-5H2,1H3. The molecule has 0 N–H and O–H groups in total. The summed E-state index contributed by atoms with van der Waals surface area (Å²) in [5.74, 6) is -0.947. The number of halogens is 2. The van der Waals surface area contributed by atoms with Crippen LogP contribution in [0.5, 0.6) is 0 Å². The van der Waals surface area contributed by atoms with E-state index in [1.54, 1.807) is 12.1 Å². The summed E-state index contributed by atoms with van der Waals surface area (Å²) in [5, 5.41) is 0. The van der Waals surface area contributed by atoms with E-state index in [-0.39, 0.29) is 0 Å². The van der Waals surface area contributed by atoms with E-state index in [1.165, 1.54) is 31.2 Å². The molecular weight excluding hydrogens is 326 g/mol. The van der Waals surface area contributed by atoms with Crippen LogP contribution < -0.4 is 0 Å². The van der Waals surface area contributed by atoms with E-state index in [0.29, 0.717) is 22.6 Å². The van der Waals surface area contributed by atoms with Crippen molar-refractivity contribution in [3.8, 4) is 22.3 Å². The molecule has 1 saturated carbocycles. The fraction of sp³-hybridized carbons (Fsp3) is 0.250. The molecular formula is C24H22F2. The molecule has 0 aromatic heterocycles. The summed E-state index contributed by atoms with van der Waals surface area (Å²) in [7, 11) is 0. The van der Waals surface area contributed by atoms with Crippen LogP contribution in [0.15, 0.2) is 60.7 Å². The Labute approximate surface area is 153 Å². The Bertz CT molecular complexity index is 902. The summed E-state index contributed by atoms with van der Waals surface area (Å²) in [4.78, 5) is 0. The van der Waals surface area contributed by atoms with E-state index in [4.69, 9.17) is 0 Å². The summed E-state index contributed by atoms with van der Waals surface area (Å²) in [6.45, 7) is 1.97. The second-order valence-corrected chi connectivity index (χ2v) is 7.26. The van der Waals surface area contributed by atoms with Gasteiger partial charge in [-0.3, -0.25) is 0 Å². The summed E-state index contributed by atoms with van der Waals surface area (Å²) in [6.07, 6.45) is 5.03. The van der Waals surface area contributed by atoms with Crippen LogP contribution in [0.3, 0.4) is 0 Å². The summed E-state index contributed by atoms with van der Waals surface area (Å²) < 4.78 is 29.4. The van der Waals surface area contributed by atoms with E-state index in [2.05, 4.69) is 12.1 Å². The van der Waals surface area contributed by atoms with Crippen molar-refractivity contribution < 1.29 is 8.78 Å². The van der Waals surface area contributed by atoms with Gasteiger partial charge in [0.1, 0.15) is 0 Å². The Hall–Kier alpha value is -2.48. The van der Waals surface area contributed by atoms with Crippen molar-refractivity contribution in [2.75, 3.05) is 0 Å². The molecule has 1 aliphatic carbocycles. The topological polar surface area (TPSA) is 0 Å². The molecule has 0 spiro atoms. The highest BCUT2D eigenvalue weighted by Crippen LogP contribution is 2.36. The largest absolute Gasteiger partial charge is 0.203 e. The minimum absolute atomic E-state index is 0.300. The van der Waals surface area contributed by atoms with Crippen LogP contribution in [0.25, 0.3) is 22.3 Å². The van der Waals surface area contributed by atoms with Gasteiger partial charge in [-0.1, -0.05) is 79.1 Å². The SMILES string of the molecule is Cc1ccc(-c2ccc(-c3ccc(C4CCCC4)cc3)c(F)c2F)cc1. The van der Waals surface area contributed by atoms with Crippen LogP contribution in [-0.2, 0) is 0 Å². The second-order valence-electron chi connectivity index (χ2n) is 7.26. The van der Waals surface area contributed by atoms with Gasteiger partial charge < -0.3 is 0 Å². The number of hydrogen-bond donors (Lipinski definition) is 0. The lowest BCUT2D eigenvalue weighted by Gasteiger charge is -2.12. The first kappa shape index (κ1) is 17.0. The Morgan fingerprint density at radius 3 is 1.62 bits per heavy atom. The van der Waals surface area contributed by atoms with E-state index in [1.807, 2.05) is 43.3 Å². The average molecular weight is 348 g/mol. The summed E-state index contributed by atoms with van der Waals surface area (Å²) >= 11 is 0. The summed E-state index contributed by atoms with van der Waals surface area (Å²) in [5.41, 5.74) is 4.43. The Kier molecular flexibility index (Phi) is 4.58. The Morgan fingerprint density at radius 2 is 1.12 bits per heavy atom. The molecule has 0 atom stereocenters. The van der Waals surface area contributed by atoms with Crippen LogP contribution in [0.2, 0.25) is 0 Å². The van der Waals surface area contributed by atoms with Gasteiger partial charge in [0.25, 0.3) is 0 Å². The third-order valence-corrected chi connectivity index (χ3v) is 5.49. The van der Waals surface area contributed by atoms with Crippen molar-refractivity contribution in [1.29, 1.82) is 0 Å². The molecule has 0 heterocycles. The maximum Gasteiger partial charge on any atom is 0.167 e. The van der Waals surface area contributed by atoms with Gasteiger partial charge in [0.2, 0.25) is 0 Å². The predicted molar refractivity (Wildman–Crippen MR) is 103 cm³/mol. The lowest BCUT2D eigenvalue weighted by atomic mass is 9.94. The van der Waals surface area contributed by atoms with Gasteiger partial charge in [-0.15, -0.1) is 0 Å². The van der Waals surface area contributed by atoms with Crippen molar-refractivity contribution in [3.05, 3.63) is 83.4 Å². The lowest BCUT2D eigenvalue weighted by molar-refractivity contribution is 0.514. The van der Waals surface area contributed by atoms with Crippen molar-refractivity contribution in [2.45, 2.75) is 38.5 Å². The number of aryl methyl sites for hydroxylation is 1. The first-order valence-electron chi connectivity index (χ1n) is 9.29. The predicted octanol–water partition coefficient (Wildman–Crippen LogP) is 7.26. The van der Waals surface area contributed by atoms with Gasteiger partial charge in [-0.05, 0) is 42.4 Å². The van der Waals surface area contributed by atoms with Crippen molar-refractivity contribution in [2.24, 2.45) is 0 Å². The van der Waals surface area contributed by atoms with E-state index < -0.39 is 11.6 Å². The third kappa shape index (κ3) is 3.16. The molecule has 132 valence electrons. The minimum Gasteiger partial charge on any atom is -0.203 e. The molecule has 26 heavy (non-hydrogen) atoms. The van der Waals surface area contributed by atoms with E-state index >= 15 is 0 Å². The molecule has 3 aromatic carbocycles. The third-order valence-electron chi connectivity index (χ3n) is 5.49. The van der Waals surface area contributed by atoms with Crippen molar-refractivity contribution in [3.63, 3.8) is 0 Å². The quantitative estimate of drug-likeness (QED) is 0.467. The first-order chi connectivity index (χ1) is 12.6. The highest BCUT2D eigenvalue weighted by molar-refractivity contribution is 5.72. The maximum absolute atomic E-state index is 14.7. The highest BCUT2D eigenvalue weighted by Gasteiger charge is 2.18. The van der Waals surface area contributed by atoms with Crippen LogP contribution in [0.1, 0.15) is 42.7 Å². The molecule has 0 unspecified atom stereocenters. The van der Waals surface area contributed by atoms with Crippen molar-refractivity contribution >= 4 is 0 Å². The number of rotatable bonds is 3. The molecule has 0 bridgehead atoms. The lowest BCUT2D eigenvalue weighted by Crippen LogP contribution is -1.95. The van der Waals surface area contributed by atoms with Crippen LogP contribution in [0.4, 0.5) is 8.78 Å². The molecule has 0 amide bonds. The monoisotopic (exact) mass is 348 g/mol. The fourth-order valence-corrected chi connectivity index (χ4v) is 3.92. The van der Waals surface area contributed by atoms with Gasteiger partial charge in [0.15, 0.2) is 11.6 Å². The number of hydrogen-bond acceptors (Lipinski definition) is 0. The van der Waals surface area contributed by atoms with Crippen LogP contribution >= 0.6 is 0 Å². The van der Waals surface area contributed by atoms with Crippen LogP contribution in [0, 0.1) is 18.6 Å². The molecule has 1 fully saturated rings. The van der Waals surface area contributed by atoms with E-state index in [9.17, 15) is 8.78 Å². The van der Waals surface area contributed by atoms with Gasteiger partial charge in [-0.25, -0.2) is 8.78 Å². The minimum atomic E-state index is -0.786. The molecule has 2 heteroatoms. The molecule has 0 nitrogen and oxygen atoms in total. The zero-order chi connectivity index (χ0) is 18.1. The Morgan fingerprint density at radius 1 is 0.654 bits per heavy atom. The second kappa shape index (κ2) is 7.03.